The molecule has 1 atom stereocenters. The monoisotopic (exact) mass is 759 g/mol. The molecule has 6 aromatic rings. The SMILES string of the molecule is CCCC1(CCC)c2cc(-c3ccc(C)cc3)ccc2-c2c1c1c(c3ccc(OC)cc23)OC(c2ccc(N3CCOCC3)cc2)(c2ccc(OC)c(F)c2)C=C1. The van der Waals surface area contributed by atoms with Gasteiger partial charge in [0.1, 0.15) is 11.5 Å². The lowest BCUT2D eigenvalue weighted by molar-refractivity contribution is 0.122. The Morgan fingerprint density at radius 2 is 1.46 bits per heavy atom. The number of aryl methyl sites for hydroxylation is 1. The fraction of sp³-hybridized carbons (Fsp3) is 0.294. The molecule has 0 bridgehead atoms. The molecule has 1 unspecified atom stereocenters. The second-order valence-corrected chi connectivity index (χ2v) is 15.8. The van der Waals surface area contributed by atoms with E-state index in [9.17, 15) is 0 Å². The molecule has 9 rings (SSSR count). The molecule has 3 aliphatic rings. The summed E-state index contributed by atoms with van der Waals surface area (Å²) in [6, 6.07) is 36.0. The number of hydrogen-bond donors (Lipinski definition) is 0. The van der Waals surface area contributed by atoms with E-state index in [1.807, 2.05) is 12.1 Å². The number of fused-ring (bicyclic) bond motifs is 8. The molecule has 290 valence electrons. The summed E-state index contributed by atoms with van der Waals surface area (Å²) in [5.74, 6) is 1.35. The summed E-state index contributed by atoms with van der Waals surface area (Å²) in [5, 5.41) is 2.09. The van der Waals surface area contributed by atoms with E-state index in [1.165, 1.54) is 46.1 Å². The van der Waals surface area contributed by atoms with Gasteiger partial charge in [0.05, 0.1) is 27.4 Å². The lowest BCUT2D eigenvalue weighted by atomic mass is 9.69. The van der Waals surface area contributed by atoms with E-state index in [1.54, 1.807) is 19.2 Å². The fourth-order valence-electron chi connectivity index (χ4n) is 9.86. The first kappa shape index (κ1) is 37.0. The van der Waals surface area contributed by atoms with Crippen LogP contribution in [-0.2, 0) is 15.8 Å². The zero-order chi connectivity index (χ0) is 39.3. The molecule has 1 saturated heterocycles. The van der Waals surface area contributed by atoms with Crippen LogP contribution in [0.3, 0.4) is 0 Å². The summed E-state index contributed by atoms with van der Waals surface area (Å²) in [6.45, 7) is 9.81. The van der Waals surface area contributed by atoms with Crippen LogP contribution in [-0.4, -0.2) is 40.5 Å². The number of rotatable bonds is 10. The normalized spacial score (nSPS) is 17.8. The minimum Gasteiger partial charge on any atom is -0.497 e. The van der Waals surface area contributed by atoms with Crippen LogP contribution in [0.5, 0.6) is 17.2 Å². The maximum absolute atomic E-state index is 15.8. The highest BCUT2D eigenvalue weighted by Gasteiger charge is 2.48. The van der Waals surface area contributed by atoms with E-state index < -0.39 is 11.4 Å². The third-order valence-corrected chi connectivity index (χ3v) is 12.5. The number of morpholine rings is 1. The second-order valence-electron chi connectivity index (χ2n) is 15.8. The summed E-state index contributed by atoms with van der Waals surface area (Å²) >= 11 is 0. The van der Waals surface area contributed by atoms with Gasteiger partial charge in [-0.2, -0.15) is 0 Å². The molecule has 6 heteroatoms. The van der Waals surface area contributed by atoms with Crippen LogP contribution < -0.4 is 19.1 Å². The van der Waals surface area contributed by atoms with Gasteiger partial charge >= 0.3 is 0 Å². The van der Waals surface area contributed by atoms with E-state index >= 15 is 4.39 Å². The molecular formula is C51H50FNO4. The van der Waals surface area contributed by atoms with Crippen LogP contribution in [0.1, 0.15) is 72.9 Å². The number of ether oxygens (including phenoxy) is 4. The van der Waals surface area contributed by atoms with E-state index in [2.05, 4.69) is 117 Å². The summed E-state index contributed by atoms with van der Waals surface area (Å²) in [4.78, 5) is 2.34. The van der Waals surface area contributed by atoms with Gasteiger partial charge in [0.25, 0.3) is 0 Å². The lowest BCUT2D eigenvalue weighted by Crippen LogP contribution is -2.37. The molecular weight excluding hydrogens is 710 g/mol. The number of nitrogens with zero attached hydrogens (tertiary/aromatic N) is 1. The Morgan fingerprint density at radius 3 is 2.14 bits per heavy atom. The Kier molecular flexibility index (Phi) is 9.56. The van der Waals surface area contributed by atoms with E-state index in [0.29, 0.717) is 18.8 Å². The highest BCUT2D eigenvalue weighted by atomic mass is 19.1. The number of benzene rings is 6. The Morgan fingerprint density at radius 1 is 0.737 bits per heavy atom. The zero-order valence-electron chi connectivity index (χ0n) is 33.6. The van der Waals surface area contributed by atoms with Crippen molar-refractivity contribution in [1.29, 1.82) is 0 Å². The van der Waals surface area contributed by atoms with E-state index in [0.717, 1.165) is 77.9 Å². The summed E-state index contributed by atoms with van der Waals surface area (Å²) in [5.41, 5.74) is 11.3. The van der Waals surface area contributed by atoms with Gasteiger partial charge in [-0.3, -0.25) is 0 Å². The topological polar surface area (TPSA) is 40.2 Å². The lowest BCUT2D eigenvalue weighted by Gasteiger charge is -2.40. The zero-order valence-corrected chi connectivity index (χ0v) is 33.6. The van der Waals surface area contributed by atoms with Crippen molar-refractivity contribution in [3.8, 4) is 39.5 Å². The highest BCUT2D eigenvalue weighted by molar-refractivity contribution is 6.09. The van der Waals surface area contributed by atoms with Crippen LogP contribution in [0.15, 0.2) is 109 Å². The molecule has 5 nitrogen and oxygen atoms in total. The second kappa shape index (κ2) is 14.7. The maximum atomic E-state index is 15.8. The van der Waals surface area contributed by atoms with Gasteiger partial charge in [0.15, 0.2) is 17.2 Å². The van der Waals surface area contributed by atoms with Crippen molar-refractivity contribution in [3.05, 3.63) is 148 Å². The Balaban J connectivity index is 1.30. The van der Waals surface area contributed by atoms with Gasteiger partial charge in [-0.1, -0.05) is 92.9 Å². The molecule has 0 N–H and O–H groups in total. The molecule has 57 heavy (non-hydrogen) atoms. The van der Waals surface area contributed by atoms with Crippen molar-refractivity contribution in [2.75, 3.05) is 45.4 Å². The number of halogens is 1. The van der Waals surface area contributed by atoms with Crippen molar-refractivity contribution in [3.63, 3.8) is 0 Å². The summed E-state index contributed by atoms with van der Waals surface area (Å²) in [6.07, 6.45) is 8.45. The molecule has 1 fully saturated rings. The molecule has 6 aromatic carbocycles. The van der Waals surface area contributed by atoms with Crippen molar-refractivity contribution in [2.45, 2.75) is 57.5 Å². The minimum atomic E-state index is -1.13. The van der Waals surface area contributed by atoms with Gasteiger partial charge in [-0.25, -0.2) is 4.39 Å². The van der Waals surface area contributed by atoms with Crippen LogP contribution in [0.25, 0.3) is 39.1 Å². The minimum absolute atomic E-state index is 0.193. The number of methoxy groups -OCH3 is 2. The Labute approximate surface area is 335 Å². The molecule has 0 spiro atoms. The van der Waals surface area contributed by atoms with Crippen LogP contribution in [0, 0.1) is 12.7 Å². The molecule has 0 saturated carbocycles. The Bertz CT molecular complexity index is 2490. The van der Waals surface area contributed by atoms with Gasteiger partial charge in [0, 0.05) is 46.3 Å². The molecule has 0 amide bonds. The van der Waals surface area contributed by atoms with Gasteiger partial charge in [0.2, 0.25) is 0 Å². The quantitative estimate of drug-likeness (QED) is 0.139. The average molecular weight is 760 g/mol. The predicted octanol–water partition coefficient (Wildman–Crippen LogP) is 12.0. The van der Waals surface area contributed by atoms with Crippen molar-refractivity contribution in [2.24, 2.45) is 0 Å². The summed E-state index contributed by atoms with van der Waals surface area (Å²) in [7, 11) is 3.22. The fourth-order valence-corrected chi connectivity index (χ4v) is 9.86. The van der Waals surface area contributed by atoms with Crippen LogP contribution in [0.4, 0.5) is 10.1 Å². The number of anilines is 1. The molecule has 1 aliphatic carbocycles. The standard InChI is InChI=1S/C51H50FNO4/c1-6-23-50(24-7-2)44-30-35(34-10-8-33(3)9-11-34)12-19-41(44)47-43-32-39(54-4)18-20-40(43)49-42(48(47)50)22-25-51(57-49,37-15-21-46(55-5)45(52)31-37)36-13-16-38(17-14-36)53-26-28-56-29-27-53/h8-22,25,30-32H,6-7,23-24,26-29H2,1-5H3. The van der Waals surface area contributed by atoms with E-state index in [-0.39, 0.29) is 11.2 Å². The molecule has 0 radical (unpaired) electrons. The largest absolute Gasteiger partial charge is 0.497 e. The van der Waals surface area contributed by atoms with E-state index in [4.69, 9.17) is 18.9 Å². The smallest absolute Gasteiger partial charge is 0.178 e. The van der Waals surface area contributed by atoms with Gasteiger partial charge in [-0.15, -0.1) is 0 Å². The van der Waals surface area contributed by atoms with Crippen molar-refractivity contribution in [1.82, 2.24) is 0 Å². The third-order valence-electron chi connectivity index (χ3n) is 12.5. The first-order valence-electron chi connectivity index (χ1n) is 20.4. The van der Waals surface area contributed by atoms with Gasteiger partial charge in [-0.05, 0) is 113 Å². The van der Waals surface area contributed by atoms with Gasteiger partial charge < -0.3 is 23.8 Å². The molecule has 2 heterocycles. The van der Waals surface area contributed by atoms with Crippen LogP contribution >= 0.6 is 0 Å². The van der Waals surface area contributed by atoms with Crippen LogP contribution in [0.2, 0.25) is 0 Å². The average Bonchev–Trinajstić information content (AvgIpc) is 3.53. The first-order chi connectivity index (χ1) is 27.8. The first-order valence-corrected chi connectivity index (χ1v) is 20.4. The highest BCUT2D eigenvalue weighted by Crippen LogP contribution is 2.61. The molecule has 2 aliphatic heterocycles. The maximum Gasteiger partial charge on any atom is 0.178 e. The predicted molar refractivity (Wildman–Crippen MR) is 230 cm³/mol. The van der Waals surface area contributed by atoms with Crippen molar-refractivity contribution < 1.29 is 23.3 Å². The molecule has 0 aromatic heterocycles. The van der Waals surface area contributed by atoms with Crippen molar-refractivity contribution >= 4 is 22.5 Å². The third kappa shape index (κ3) is 5.99. The summed E-state index contributed by atoms with van der Waals surface area (Å²) < 4.78 is 40.3. The number of hydrogen-bond acceptors (Lipinski definition) is 5. The Hall–Kier alpha value is -5.59.